The molecule has 2 rings (SSSR count). The largest absolute Gasteiger partial charge is 0.324 e. The zero-order chi connectivity index (χ0) is 11.0. The van der Waals surface area contributed by atoms with E-state index >= 15 is 0 Å². The second-order valence-corrected chi connectivity index (χ2v) is 4.08. The van der Waals surface area contributed by atoms with Crippen LogP contribution < -0.4 is 5.73 Å². The fourth-order valence-corrected chi connectivity index (χ4v) is 1.64. The Kier molecular flexibility index (Phi) is 4.21. The van der Waals surface area contributed by atoms with Crippen molar-refractivity contribution >= 4 is 12.4 Å². The number of nitrogens with two attached hydrogens (primary N) is 1. The molecule has 90 valence electrons. The van der Waals surface area contributed by atoms with Crippen molar-refractivity contribution in [3.8, 4) is 0 Å². The van der Waals surface area contributed by atoms with Crippen molar-refractivity contribution in [1.29, 1.82) is 0 Å². The maximum absolute atomic E-state index is 12.9. The maximum atomic E-state index is 12.9. The molecule has 0 aromatic heterocycles. The summed E-state index contributed by atoms with van der Waals surface area (Å²) in [7, 11) is 0. The fraction of sp³-hybridized carbons (Fsp3) is 0.455. The molecular formula is C11H13ClF3N. The van der Waals surface area contributed by atoms with E-state index in [4.69, 9.17) is 5.73 Å². The maximum Gasteiger partial charge on any atom is 0.194 e. The van der Waals surface area contributed by atoms with Crippen molar-refractivity contribution in [1.82, 2.24) is 0 Å². The summed E-state index contributed by atoms with van der Waals surface area (Å²) >= 11 is 0. The third kappa shape index (κ3) is 2.89. The van der Waals surface area contributed by atoms with E-state index in [1.165, 1.54) is 0 Å². The quantitative estimate of drug-likeness (QED) is 0.820. The molecule has 1 fully saturated rings. The second-order valence-electron chi connectivity index (χ2n) is 4.08. The van der Waals surface area contributed by atoms with Gasteiger partial charge in [-0.25, -0.2) is 13.2 Å². The van der Waals surface area contributed by atoms with Crippen LogP contribution in [0.3, 0.4) is 0 Å². The second kappa shape index (κ2) is 5.06. The summed E-state index contributed by atoms with van der Waals surface area (Å²) < 4.78 is 38.4. The van der Waals surface area contributed by atoms with E-state index in [1.54, 1.807) is 0 Å². The summed E-state index contributed by atoms with van der Waals surface area (Å²) in [4.78, 5) is 0. The average molecular weight is 252 g/mol. The average Bonchev–Trinajstić information content (AvgIpc) is 2.97. The van der Waals surface area contributed by atoms with Crippen LogP contribution in [0.1, 0.15) is 30.9 Å². The van der Waals surface area contributed by atoms with E-state index in [0.717, 1.165) is 25.0 Å². The third-order valence-corrected chi connectivity index (χ3v) is 2.72. The molecule has 1 aliphatic rings. The zero-order valence-corrected chi connectivity index (χ0v) is 9.37. The van der Waals surface area contributed by atoms with Gasteiger partial charge in [0.1, 0.15) is 0 Å². The summed E-state index contributed by atoms with van der Waals surface area (Å²) in [5, 5.41) is 0. The van der Waals surface area contributed by atoms with E-state index in [-0.39, 0.29) is 12.4 Å². The lowest BCUT2D eigenvalue weighted by Gasteiger charge is -2.11. The van der Waals surface area contributed by atoms with Gasteiger partial charge in [0.2, 0.25) is 0 Å². The van der Waals surface area contributed by atoms with Gasteiger partial charge in [-0.3, -0.25) is 0 Å². The SMILES string of the molecule is Cl.N[C@@H](CC1CC1)c1cc(F)c(F)c(F)c1. The minimum Gasteiger partial charge on any atom is -0.324 e. The molecule has 0 spiro atoms. The van der Waals surface area contributed by atoms with E-state index in [0.29, 0.717) is 17.9 Å². The monoisotopic (exact) mass is 251 g/mol. The Morgan fingerprint density at radius 1 is 1.19 bits per heavy atom. The summed E-state index contributed by atoms with van der Waals surface area (Å²) in [6.45, 7) is 0. The molecule has 0 aliphatic heterocycles. The van der Waals surface area contributed by atoms with Crippen LogP contribution >= 0.6 is 12.4 Å². The Morgan fingerprint density at radius 3 is 2.12 bits per heavy atom. The van der Waals surface area contributed by atoms with Gasteiger partial charge in [-0.2, -0.15) is 0 Å². The van der Waals surface area contributed by atoms with Crippen LogP contribution in [0.4, 0.5) is 13.2 Å². The van der Waals surface area contributed by atoms with E-state index < -0.39 is 23.5 Å². The van der Waals surface area contributed by atoms with E-state index in [1.807, 2.05) is 0 Å². The van der Waals surface area contributed by atoms with Gasteiger partial charge in [-0.05, 0) is 30.0 Å². The van der Waals surface area contributed by atoms with Crippen LogP contribution in [-0.4, -0.2) is 0 Å². The standard InChI is InChI=1S/C11H12F3N.ClH/c12-8-4-7(5-9(13)11(8)14)10(15)3-6-1-2-6;/h4-6,10H,1-3,15H2;1H/t10-;/m0./s1. The van der Waals surface area contributed by atoms with Gasteiger partial charge in [0.25, 0.3) is 0 Å². The van der Waals surface area contributed by atoms with Crippen LogP contribution in [0.2, 0.25) is 0 Å². The molecule has 16 heavy (non-hydrogen) atoms. The molecule has 0 radical (unpaired) electrons. The fourth-order valence-electron chi connectivity index (χ4n) is 1.64. The first-order valence-corrected chi connectivity index (χ1v) is 4.98. The van der Waals surface area contributed by atoms with Crippen LogP contribution in [0.5, 0.6) is 0 Å². The molecule has 0 saturated heterocycles. The molecular weight excluding hydrogens is 239 g/mol. The molecule has 1 atom stereocenters. The lowest BCUT2D eigenvalue weighted by atomic mass is 10.0. The summed E-state index contributed by atoms with van der Waals surface area (Å²) in [5.74, 6) is -3.21. The highest BCUT2D eigenvalue weighted by Crippen LogP contribution is 2.37. The molecule has 1 aromatic rings. The van der Waals surface area contributed by atoms with E-state index in [2.05, 4.69) is 0 Å². The Labute approximate surface area is 98.2 Å². The van der Waals surface area contributed by atoms with Crippen LogP contribution in [0.25, 0.3) is 0 Å². The van der Waals surface area contributed by atoms with Crippen molar-refractivity contribution < 1.29 is 13.2 Å². The highest BCUT2D eigenvalue weighted by atomic mass is 35.5. The van der Waals surface area contributed by atoms with Crippen molar-refractivity contribution in [2.24, 2.45) is 11.7 Å². The molecule has 1 saturated carbocycles. The topological polar surface area (TPSA) is 26.0 Å². The lowest BCUT2D eigenvalue weighted by molar-refractivity contribution is 0.442. The molecule has 2 N–H and O–H groups in total. The van der Waals surface area contributed by atoms with Crippen LogP contribution in [-0.2, 0) is 0 Å². The first kappa shape index (κ1) is 13.3. The van der Waals surface area contributed by atoms with Crippen molar-refractivity contribution in [3.63, 3.8) is 0 Å². The summed E-state index contributed by atoms with van der Waals surface area (Å²) in [6.07, 6.45) is 2.96. The molecule has 5 heteroatoms. The smallest absolute Gasteiger partial charge is 0.194 e. The Balaban J connectivity index is 0.00000128. The molecule has 1 aromatic carbocycles. The molecule has 0 amide bonds. The molecule has 1 aliphatic carbocycles. The first-order chi connectivity index (χ1) is 7.08. The van der Waals surface area contributed by atoms with Crippen molar-refractivity contribution in [2.45, 2.75) is 25.3 Å². The number of hydrogen-bond acceptors (Lipinski definition) is 1. The number of hydrogen-bond donors (Lipinski definition) is 1. The summed E-state index contributed by atoms with van der Waals surface area (Å²) in [6, 6.07) is 1.55. The molecule has 1 nitrogen and oxygen atoms in total. The van der Waals surface area contributed by atoms with Crippen LogP contribution in [0.15, 0.2) is 12.1 Å². The molecule has 0 bridgehead atoms. The van der Waals surface area contributed by atoms with Gasteiger partial charge in [-0.15, -0.1) is 12.4 Å². The highest BCUT2D eigenvalue weighted by molar-refractivity contribution is 5.85. The zero-order valence-electron chi connectivity index (χ0n) is 8.55. The predicted octanol–water partition coefficient (Wildman–Crippen LogP) is 3.33. The minimum absolute atomic E-state index is 0. The van der Waals surface area contributed by atoms with Gasteiger partial charge in [0.05, 0.1) is 0 Å². The predicted molar refractivity (Wildman–Crippen MR) is 57.8 cm³/mol. The molecule has 0 heterocycles. The van der Waals surface area contributed by atoms with Gasteiger partial charge < -0.3 is 5.73 Å². The first-order valence-electron chi connectivity index (χ1n) is 4.98. The number of benzene rings is 1. The lowest BCUT2D eigenvalue weighted by Crippen LogP contribution is -2.12. The Bertz CT molecular complexity index is 356. The third-order valence-electron chi connectivity index (χ3n) is 2.72. The van der Waals surface area contributed by atoms with Gasteiger partial charge in [0, 0.05) is 6.04 Å². The summed E-state index contributed by atoms with van der Waals surface area (Å²) in [5.41, 5.74) is 6.10. The minimum atomic E-state index is -1.43. The van der Waals surface area contributed by atoms with Gasteiger partial charge >= 0.3 is 0 Å². The number of halogens is 4. The van der Waals surface area contributed by atoms with Crippen molar-refractivity contribution in [2.75, 3.05) is 0 Å². The van der Waals surface area contributed by atoms with Gasteiger partial charge in [0.15, 0.2) is 17.5 Å². The highest BCUT2D eigenvalue weighted by Gasteiger charge is 2.25. The Hall–Kier alpha value is -0.740. The Morgan fingerprint density at radius 2 is 1.69 bits per heavy atom. The van der Waals surface area contributed by atoms with Gasteiger partial charge in [-0.1, -0.05) is 12.8 Å². The van der Waals surface area contributed by atoms with Crippen molar-refractivity contribution in [3.05, 3.63) is 35.1 Å². The number of rotatable bonds is 3. The van der Waals surface area contributed by atoms with E-state index in [9.17, 15) is 13.2 Å². The molecule has 0 unspecified atom stereocenters. The van der Waals surface area contributed by atoms with Crippen LogP contribution in [0, 0.1) is 23.4 Å². The normalized spacial score (nSPS) is 16.8.